The summed E-state index contributed by atoms with van der Waals surface area (Å²) in [6.07, 6.45) is 5.15. The Kier molecular flexibility index (Phi) is 6.87. The molecular formula is C22H32N6O2. The third-order valence-electron chi connectivity index (χ3n) is 5.88. The molecule has 8 heteroatoms. The largest absolute Gasteiger partial charge is 0.351 e. The van der Waals surface area contributed by atoms with Crippen molar-refractivity contribution in [3.63, 3.8) is 0 Å². The Morgan fingerprint density at radius 3 is 2.83 bits per heavy atom. The van der Waals surface area contributed by atoms with E-state index in [-0.39, 0.29) is 11.8 Å². The van der Waals surface area contributed by atoms with Gasteiger partial charge in [-0.3, -0.25) is 24.6 Å². The number of hydrogen-bond acceptors (Lipinski definition) is 5. The van der Waals surface area contributed by atoms with Crippen LogP contribution in [0.3, 0.4) is 0 Å². The van der Waals surface area contributed by atoms with E-state index in [9.17, 15) is 9.59 Å². The van der Waals surface area contributed by atoms with E-state index in [0.717, 1.165) is 35.4 Å². The minimum Gasteiger partial charge on any atom is -0.351 e. The van der Waals surface area contributed by atoms with E-state index >= 15 is 0 Å². The van der Waals surface area contributed by atoms with Gasteiger partial charge in [0.25, 0.3) is 0 Å². The van der Waals surface area contributed by atoms with Gasteiger partial charge in [0.05, 0.1) is 17.7 Å². The first-order valence-electron chi connectivity index (χ1n) is 10.4. The lowest BCUT2D eigenvalue weighted by atomic mass is 9.80. The van der Waals surface area contributed by atoms with Gasteiger partial charge in [-0.2, -0.15) is 5.10 Å². The number of aromatic amines is 1. The molecule has 1 atom stereocenters. The predicted octanol–water partition coefficient (Wildman–Crippen LogP) is 1.80. The molecule has 2 amide bonds. The molecule has 1 aliphatic heterocycles. The van der Waals surface area contributed by atoms with Gasteiger partial charge in [0.15, 0.2) is 0 Å². The smallest absolute Gasteiger partial charge is 0.236 e. The Hall–Kier alpha value is -2.74. The number of amides is 2. The summed E-state index contributed by atoms with van der Waals surface area (Å²) >= 11 is 0. The number of likely N-dealkylation sites (tertiary alicyclic amines) is 1. The molecule has 1 saturated heterocycles. The van der Waals surface area contributed by atoms with Crippen LogP contribution in [0.2, 0.25) is 0 Å². The maximum absolute atomic E-state index is 13.0. The van der Waals surface area contributed by atoms with Gasteiger partial charge >= 0.3 is 0 Å². The molecule has 8 nitrogen and oxygen atoms in total. The van der Waals surface area contributed by atoms with Crippen LogP contribution in [0.1, 0.15) is 42.3 Å². The number of hydrogen-bond donors (Lipinski definition) is 2. The molecule has 1 aliphatic rings. The van der Waals surface area contributed by atoms with Crippen molar-refractivity contribution in [1.29, 1.82) is 0 Å². The van der Waals surface area contributed by atoms with Crippen molar-refractivity contribution < 1.29 is 9.59 Å². The zero-order valence-electron chi connectivity index (χ0n) is 18.4. The summed E-state index contributed by atoms with van der Waals surface area (Å²) < 4.78 is 0. The normalized spacial score (nSPS) is 19.2. The van der Waals surface area contributed by atoms with Crippen LogP contribution in [0.5, 0.6) is 0 Å². The highest BCUT2D eigenvalue weighted by Crippen LogP contribution is 2.30. The van der Waals surface area contributed by atoms with Crippen molar-refractivity contribution >= 4 is 11.8 Å². The number of rotatable bonds is 7. The topological polar surface area (TPSA) is 94.2 Å². The van der Waals surface area contributed by atoms with Gasteiger partial charge < -0.3 is 10.2 Å². The number of H-pyrrole nitrogens is 1. The summed E-state index contributed by atoms with van der Waals surface area (Å²) in [5, 5.41) is 10.2. The summed E-state index contributed by atoms with van der Waals surface area (Å²) in [4.78, 5) is 33.8. The van der Waals surface area contributed by atoms with Gasteiger partial charge in [0, 0.05) is 49.8 Å². The van der Waals surface area contributed by atoms with E-state index in [2.05, 4.69) is 20.5 Å². The van der Waals surface area contributed by atoms with Crippen molar-refractivity contribution in [2.45, 2.75) is 46.7 Å². The van der Waals surface area contributed by atoms with E-state index in [4.69, 9.17) is 0 Å². The number of piperidine rings is 1. The predicted molar refractivity (Wildman–Crippen MR) is 114 cm³/mol. The molecule has 0 unspecified atom stereocenters. The highest BCUT2D eigenvalue weighted by atomic mass is 16.2. The fraction of sp³-hybridized carbons (Fsp3) is 0.545. The molecule has 3 rings (SSSR count). The van der Waals surface area contributed by atoms with E-state index in [1.54, 1.807) is 6.20 Å². The zero-order valence-corrected chi connectivity index (χ0v) is 18.4. The lowest BCUT2D eigenvalue weighted by Crippen LogP contribution is -2.53. The molecule has 0 radical (unpaired) electrons. The number of aryl methyl sites for hydroxylation is 2. The number of carbonyl (C=O) groups is 2. The van der Waals surface area contributed by atoms with Gasteiger partial charge in [-0.05, 0) is 52.3 Å². The van der Waals surface area contributed by atoms with Gasteiger partial charge in [-0.25, -0.2) is 0 Å². The molecule has 0 aliphatic carbocycles. The summed E-state index contributed by atoms with van der Waals surface area (Å²) in [5.74, 6) is 0.0466. The molecule has 30 heavy (non-hydrogen) atoms. The molecular weight excluding hydrogens is 380 g/mol. The van der Waals surface area contributed by atoms with E-state index in [1.807, 2.05) is 55.9 Å². The van der Waals surface area contributed by atoms with E-state index in [0.29, 0.717) is 32.7 Å². The molecule has 1 fully saturated rings. The van der Waals surface area contributed by atoms with Crippen molar-refractivity contribution in [2.75, 3.05) is 26.7 Å². The third kappa shape index (κ3) is 5.24. The highest BCUT2D eigenvalue weighted by Gasteiger charge is 2.39. The van der Waals surface area contributed by atoms with Crippen LogP contribution in [0.15, 0.2) is 24.5 Å². The van der Waals surface area contributed by atoms with Crippen LogP contribution in [-0.4, -0.2) is 63.5 Å². The van der Waals surface area contributed by atoms with Crippen molar-refractivity contribution in [3.05, 3.63) is 47.0 Å². The molecule has 162 valence electrons. The van der Waals surface area contributed by atoms with Crippen molar-refractivity contribution in [1.82, 2.24) is 30.3 Å². The Morgan fingerprint density at radius 1 is 1.37 bits per heavy atom. The minimum absolute atomic E-state index is 0.0104. The van der Waals surface area contributed by atoms with Crippen LogP contribution in [0.25, 0.3) is 0 Å². The number of nitrogens with zero attached hydrogens (tertiary/aromatic N) is 4. The lowest BCUT2D eigenvalue weighted by Gasteiger charge is -2.39. The van der Waals surface area contributed by atoms with Crippen LogP contribution in [0.4, 0.5) is 0 Å². The summed E-state index contributed by atoms with van der Waals surface area (Å²) in [6, 6.07) is 3.89. The van der Waals surface area contributed by atoms with Gasteiger partial charge in [-0.1, -0.05) is 6.07 Å². The molecule has 2 aromatic rings. The second-order valence-electron chi connectivity index (χ2n) is 8.61. The van der Waals surface area contributed by atoms with E-state index < -0.39 is 5.41 Å². The fourth-order valence-corrected chi connectivity index (χ4v) is 4.04. The number of aromatic nitrogens is 3. The Morgan fingerprint density at radius 2 is 2.17 bits per heavy atom. The SMILES string of the molecule is Cc1n[nH]c(C)c1CNC(=O)[C@]1(C)CCCN(C(=O)CN(C)Cc2cccnc2)C1. The summed E-state index contributed by atoms with van der Waals surface area (Å²) in [6.45, 7) is 8.40. The first-order chi connectivity index (χ1) is 14.3. The molecule has 0 bridgehead atoms. The van der Waals surface area contributed by atoms with Crippen molar-refractivity contribution in [3.8, 4) is 0 Å². The van der Waals surface area contributed by atoms with Gasteiger partial charge in [0.1, 0.15) is 0 Å². The Bertz CT molecular complexity index is 862. The standard InChI is InChI=1S/C22H32N6O2/c1-16-19(17(2)26-25-16)12-24-21(30)22(3)8-6-10-28(15-22)20(29)14-27(4)13-18-7-5-9-23-11-18/h5,7,9,11H,6,8,10,12-15H2,1-4H3,(H,24,30)(H,25,26)/t22-/m1/s1. The first kappa shape index (κ1) is 22.0. The third-order valence-corrected chi connectivity index (χ3v) is 5.88. The van der Waals surface area contributed by atoms with Crippen LogP contribution >= 0.6 is 0 Å². The second-order valence-corrected chi connectivity index (χ2v) is 8.61. The number of pyridine rings is 1. The monoisotopic (exact) mass is 412 g/mol. The fourth-order valence-electron chi connectivity index (χ4n) is 4.04. The van der Waals surface area contributed by atoms with Crippen molar-refractivity contribution in [2.24, 2.45) is 5.41 Å². The zero-order chi connectivity index (χ0) is 21.7. The number of nitrogens with one attached hydrogen (secondary N) is 2. The molecule has 0 saturated carbocycles. The summed E-state index contributed by atoms with van der Waals surface area (Å²) in [7, 11) is 1.93. The van der Waals surface area contributed by atoms with Crippen LogP contribution in [-0.2, 0) is 22.7 Å². The Labute approximate surface area is 178 Å². The van der Waals surface area contributed by atoms with Gasteiger partial charge in [0.2, 0.25) is 11.8 Å². The maximum Gasteiger partial charge on any atom is 0.236 e. The molecule has 0 aromatic carbocycles. The van der Waals surface area contributed by atoms with E-state index in [1.165, 1.54) is 0 Å². The molecule has 3 heterocycles. The summed E-state index contributed by atoms with van der Waals surface area (Å²) in [5.41, 5.74) is 3.37. The first-order valence-corrected chi connectivity index (χ1v) is 10.4. The average Bonchev–Trinajstić information content (AvgIpc) is 3.04. The van der Waals surface area contributed by atoms with Crippen LogP contribution < -0.4 is 5.32 Å². The number of carbonyl (C=O) groups excluding carboxylic acids is 2. The number of likely N-dealkylation sites (N-methyl/N-ethyl adjacent to an activating group) is 1. The van der Waals surface area contributed by atoms with Gasteiger partial charge in [-0.15, -0.1) is 0 Å². The maximum atomic E-state index is 13.0. The quantitative estimate of drug-likeness (QED) is 0.723. The lowest BCUT2D eigenvalue weighted by molar-refractivity contribution is -0.141. The second kappa shape index (κ2) is 9.38. The molecule has 0 spiro atoms. The van der Waals surface area contributed by atoms with Crippen LogP contribution in [0, 0.1) is 19.3 Å². The highest BCUT2D eigenvalue weighted by molar-refractivity contribution is 5.84. The Balaban J connectivity index is 1.55. The molecule has 2 aromatic heterocycles. The average molecular weight is 413 g/mol. The molecule has 2 N–H and O–H groups in total. The minimum atomic E-state index is -0.582.